The standard InChI is InChI=1S/C14H30N2/c1-6-8-15-13-10-11(3)9-12(4)14(13)16(5)7-2/h11-15H,6-10H2,1-5H3. The van der Waals surface area contributed by atoms with Crippen LogP contribution in [0.1, 0.15) is 47.0 Å². The van der Waals surface area contributed by atoms with Gasteiger partial charge in [0.15, 0.2) is 0 Å². The van der Waals surface area contributed by atoms with Gasteiger partial charge in [-0.05, 0) is 51.2 Å². The Kier molecular flexibility index (Phi) is 5.77. The first-order valence-corrected chi connectivity index (χ1v) is 7.03. The van der Waals surface area contributed by atoms with Gasteiger partial charge in [-0.2, -0.15) is 0 Å². The maximum atomic E-state index is 3.76. The van der Waals surface area contributed by atoms with E-state index in [1.807, 2.05) is 0 Å². The molecule has 0 amide bonds. The fourth-order valence-electron chi connectivity index (χ4n) is 3.33. The predicted octanol–water partition coefficient (Wildman–Crippen LogP) is 2.74. The number of rotatable bonds is 5. The van der Waals surface area contributed by atoms with Gasteiger partial charge >= 0.3 is 0 Å². The van der Waals surface area contributed by atoms with Crippen LogP contribution >= 0.6 is 0 Å². The van der Waals surface area contributed by atoms with Crippen LogP contribution in [0.4, 0.5) is 0 Å². The second kappa shape index (κ2) is 6.61. The maximum Gasteiger partial charge on any atom is 0.0271 e. The van der Waals surface area contributed by atoms with Crippen LogP contribution < -0.4 is 5.32 Å². The van der Waals surface area contributed by atoms with Crippen LogP contribution in [0.2, 0.25) is 0 Å². The van der Waals surface area contributed by atoms with E-state index in [1.165, 1.54) is 19.3 Å². The summed E-state index contributed by atoms with van der Waals surface area (Å²) >= 11 is 0. The lowest BCUT2D eigenvalue weighted by molar-refractivity contribution is 0.0842. The Labute approximate surface area is 102 Å². The van der Waals surface area contributed by atoms with Gasteiger partial charge < -0.3 is 10.2 Å². The molecule has 0 aliphatic heterocycles. The molecule has 1 fully saturated rings. The van der Waals surface area contributed by atoms with Crippen molar-refractivity contribution in [1.29, 1.82) is 0 Å². The summed E-state index contributed by atoms with van der Waals surface area (Å²) in [7, 11) is 2.28. The fourth-order valence-corrected chi connectivity index (χ4v) is 3.33. The van der Waals surface area contributed by atoms with Gasteiger partial charge in [0.2, 0.25) is 0 Å². The average Bonchev–Trinajstić information content (AvgIpc) is 2.24. The van der Waals surface area contributed by atoms with E-state index in [1.54, 1.807) is 0 Å². The average molecular weight is 226 g/mol. The van der Waals surface area contributed by atoms with E-state index < -0.39 is 0 Å². The van der Waals surface area contributed by atoms with Crippen molar-refractivity contribution < 1.29 is 0 Å². The Morgan fingerprint density at radius 1 is 1.19 bits per heavy atom. The van der Waals surface area contributed by atoms with E-state index in [9.17, 15) is 0 Å². The SMILES string of the molecule is CCCNC1CC(C)CC(C)C1N(C)CC. The first kappa shape index (κ1) is 14.0. The molecule has 4 atom stereocenters. The topological polar surface area (TPSA) is 15.3 Å². The van der Waals surface area contributed by atoms with Gasteiger partial charge in [-0.3, -0.25) is 0 Å². The van der Waals surface area contributed by atoms with E-state index >= 15 is 0 Å². The molecule has 96 valence electrons. The van der Waals surface area contributed by atoms with Crippen LogP contribution in [0, 0.1) is 11.8 Å². The maximum absolute atomic E-state index is 3.76. The summed E-state index contributed by atoms with van der Waals surface area (Å²) in [5.41, 5.74) is 0. The minimum atomic E-state index is 0.698. The van der Waals surface area contributed by atoms with Crippen molar-refractivity contribution in [1.82, 2.24) is 10.2 Å². The Hall–Kier alpha value is -0.0800. The first-order chi connectivity index (χ1) is 7.60. The normalized spacial score (nSPS) is 35.6. The molecule has 1 rings (SSSR count). The number of hydrogen-bond acceptors (Lipinski definition) is 2. The lowest BCUT2D eigenvalue weighted by Gasteiger charge is -2.44. The minimum absolute atomic E-state index is 0.698. The van der Waals surface area contributed by atoms with Crippen molar-refractivity contribution in [3.8, 4) is 0 Å². The molecule has 2 heteroatoms. The molecule has 1 saturated carbocycles. The van der Waals surface area contributed by atoms with Crippen LogP contribution in [0.5, 0.6) is 0 Å². The first-order valence-electron chi connectivity index (χ1n) is 7.03. The number of nitrogens with one attached hydrogen (secondary N) is 1. The van der Waals surface area contributed by atoms with Crippen LogP contribution in [-0.4, -0.2) is 37.1 Å². The zero-order chi connectivity index (χ0) is 12.1. The molecule has 16 heavy (non-hydrogen) atoms. The largest absolute Gasteiger partial charge is 0.312 e. The molecule has 0 aromatic rings. The van der Waals surface area contributed by atoms with Gasteiger partial charge in [-0.25, -0.2) is 0 Å². The van der Waals surface area contributed by atoms with E-state index in [0.717, 1.165) is 31.0 Å². The monoisotopic (exact) mass is 226 g/mol. The zero-order valence-corrected chi connectivity index (χ0v) is 11.8. The van der Waals surface area contributed by atoms with Gasteiger partial charge in [0.25, 0.3) is 0 Å². The number of nitrogens with zero attached hydrogens (tertiary/aromatic N) is 1. The smallest absolute Gasteiger partial charge is 0.0271 e. The Balaban J connectivity index is 2.64. The molecule has 0 heterocycles. The van der Waals surface area contributed by atoms with Gasteiger partial charge in [0.1, 0.15) is 0 Å². The molecule has 0 aromatic carbocycles. The molecular weight excluding hydrogens is 196 g/mol. The molecule has 0 saturated heterocycles. The summed E-state index contributed by atoms with van der Waals surface area (Å²) in [6.45, 7) is 11.7. The van der Waals surface area contributed by atoms with Crippen molar-refractivity contribution in [2.75, 3.05) is 20.1 Å². The molecule has 1 aliphatic rings. The number of hydrogen-bond donors (Lipinski definition) is 1. The van der Waals surface area contributed by atoms with Crippen molar-refractivity contribution in [3.05, 3.63) is 0 Å². The summed E-state index contributed by atoms with van der Waals surface area (Å²) in [6.07, 6.45) is 3.97. The van der Waals surface area contributed by atoms with Crippen LogP contribution in [-0.2, 0) is 0 Å². The van der Waals surface area contributed by atoms with E-state index in [2.05, 4.69) is 45.0 Å². The van der Waals surface area contributed by atoms with Gasteiger partial charge in [0, 0.05) is 12.1 Å². The lowest BCUT2D eigenvalue weighted by Crippen LogP contribution is -2.55. The van der Waals surface area contributed by atoms with Crippen molar-refractivity contribution in [3.63, 3.8) is 0 Å². The zero-order valence-electron chi connectivity index (χ0n) is 11.8. The Bertz CT molecular complexity index is 193. The molecular formula is C14H30N2. The van der Waals surface area contributed by atoms with Gasteiger partial charge in [0.05, 0.1) is 0 Å². The third-order valence-electron chi connectivity index (χ3n) is 4.09. The molecule has 1 aliphatic carbocycles. The molecule has 0 spiro atoms. The van der Waals surface area contributed by atoms with Crippen LogP contribution in [0.15, 0.2) is 0 Å². The molecule has 0 aromatic heterocycles. The van der Waals surface area contributed by atoms with Crippen molar-refractivity contribution in [2.45, 2.75) is 59.0 Å². The summed E-state index contributed by atoms with van der Waals surface area (Å²) in [6, 6.07) is 1.43. The van der Waals surface area contributed by atoms with Crippen molar-refractivity contribution >= 4 is 0 Å². The molecule has 0 radical (unpaired) electrons. The third-order valence-corrected chi connectivity index (χ3v) is 4.09. The molecule has 4 unspecified atom stereocenters. The fraction of sp³-hybridized carbons (Fsp3) is 1.00. The van der Waals surface area contributed by atoms with E-state index in [-0.39, 0.29) is 0 Å². The highest BCUT2D eigenvalue weighted by atomic mass is 15.2. The third kappa shape index (κ3) is 3.46. The quantitative estimate of drug-likeness (QED) is 0.775. The Morgan fingerprint density at radius 2 is 1.88 bits per heavy atom. The van der Waals surface area contributed by atoms with Crippen LogP contribution in [0.3, 0.4) is 0 Å². The van der Waals surface area contributed by atoms with Gasteiger partial charge in [-0.1, -0.05) is 27.7 Å². The summed E-state index contributed by atoms with van der Waals surface area (Å²) in [5, 5.41) is 3.76. The van der Waals surface area contributed by atoms with Gasteiger partial charge in [-0.15, -0.1) is 0 Å². The Morgan fingerprint density at radius 3 is 2.44 bits per heavy atom. The minimum Gasteiger partial charge on any atom is -0.312 e. The predicted molar refractivity (Wildman–Crippen MR) is 71.7 cm³/mol. The summed E-state index contributed by atoms with van der Waals surface area (Å²) < 4.78 is 0. The molecule has 1 N–H and O–H groups in total. The molecule has 2 nitrogen and oxygen atoms in total. The van der Waals surface area contributed by atoms with Crippen molar-refractivity contribution in [2.24, 2.45) is 11.8 Å². The van der Waals surface area contributed by atoms with Crippen LogP contribution in [0.25, 0.3) is 0 Å². The summed E-state index contributed by atoms with van der Waals surface area (Å²) in [5.74, 6) is 1.70. The number of likely N-dealkylation sites (N-methyl/N-ethyl adjacent to an activating group) is 1. The molecule has 0 bridgehead atoms. The highest BCUT2D eigenvalue weighted by molar-refractivity contribution is 4.92. The lowest BCUT2D eigenvalue weighted by atomic mass is 9.76. The van der Waals surface area contributed by atoms with E-state index in [0.29, 0.717) is 6.04 Å². The summed E-state index contributed by atoms with van der Waals surface area (Å²) in [4.78, 5) is 2.53. The van der Waals surface area contributed by atoms with E-state index in [4.69, 9.17) is 0 Å². The second-order valence-corrected chi connectivity index (χ2v) is 5.68. The second-order valence-electron chi connectivity index (χ2n) is 5.68. The highest BCUT2D eigenvalue weighted by Crippen LogP contribution is 2.31. The highest BCUT2D eigenvalue weighted by Gasteiger charge is 2.35.